The molecule has 0 unspecified atom stereocenters. The van der Waals surface area contributed by atoms with Gasteiger partial charge >= 0.3 is 0 Å². The van der Waals surface area contributed by atoms with Crippen LogP contribution in [0.25, 0.3) is 0 Å². The van der Waals surface area contributed by atoms with Crippen LogP contribution in [0.4, 0.5) is 0 Å². The second-order valence-electron chi connectivity index (χ2n) is 7.82. The average Bonchev–Trinajstić information content (AvgIpc) is 1.75. The van der Waals surface area contributed by atoms with E-state index in [9.17, 15) is 0 Å². The second kappa shape index (κ2) is 4.51. The van der Waals surface area contributed by atoms with Crippen molar-refractivity contribution in [2.75, 3.05) is 0 Å². The Labute approximate surface area is 98.5 Å². The van der Waals surface area contributed by atoms with E-state index in [4.69, 9.17) is 0 Å². The van der Waals surface area contributed by atoms with Crippen molar-refractivity contribution in [3.63, 3.8) is 0 Å². The van der Waals surface area contributed by atoms with Gasteiger partial charge in [0.1, 0.15) is 7.28 Å². The molecule has 0 aliphatic carbocycles. The molecule has 0 aromatic rings. The summed E-state index contributed by atoms with van der Waals surface area (Å²) in [6.45, 7) is 21.0. The minimum Gasteiger partial charge on any atom is -0.0674 e. The van der Waals surface area contributed by atoms with E-state index in [0.717, 1.165) is 5.92 Å². The van der Waals surface area contributed by atoms with Crippen LogP contribution in [-0.2, 0) is 0 Å². The Kier molecular flexibility index (Phi) is 4.53. The van der Waals surface area contributed by atoms with Gasteiger partial charge in [-0.2, -0.15) is 0 Å². The maximum absolute atomic E-state index is 2.50. The molecular formula is C14H30B. The molecule has 1 heteroatoms. The molecule has 0 rings (SSSR count). The van der Waals surface area contributed by atoms with Gasteiger partial charge in [0, 0.05) is 0 Å². The van der Waals surface area contributed by atoms with Crippen LogP contribution in [0.1, 0.15) is 68.7 Å². The molecule has 0 fully saturated rings. The molecule has 89 valence electrons. The fourth-order valence-corrected chi connectivity index (χ4v) is 2.60. The van der Waals surface area contributed by atoms with Crippen molar-refractivity contribution in [3.8, 4) is 0 Å². The first-order valence-corrected chi connectivity index (χ1v) is 6.23. The van der Waals surface area contributed by atoms with Gasteiger partial charge in [-0.15, -0.1) is 0 Å². The molecule has 0 saturated carbocycles. The summed E-state index contributed by atoms with van der Waals surface area (Å²) in [7, 11) is 2.50. The zero-order valence-electron chi connectivity index (χ0n) is 12.4. The van der Waals surface area contributed by atoms with Gasteiger partial charge in [0.15, 0.2) is 0 Å². The first-order chi connectivity index (χ1) is 6.36. The zero-order chi connectivity index (χ0) is 12.5. The van der Waals surface area contributed by atoms with Crippen molar-refractivity contribution in [3.05, 3.63) is 0 Å². The maximum atomic E-state index is 2.50. The van der Waals surface area contributed by atoms with E-state index in [-0.39, 0.29) is 0 Å². The average molecular weight is 209 g/mol. The third kappa shape index (κ3) is 6.27. The second-order valence-corrected chi connectivity index (χ2v) is 7.82. The van der Waals surface area contributed by atoms with Gasteiger partial charge in [0.25, 0.3) is 0 Å². The summed E-state index contributed by atoms with van der Waals surface area (Å²) < 4.78 is 0. The Morgan fingerprint density at radius 2 is 1.27 bits per heavy atom. The van der Waals surface area contributed by atoms with E-state index in [0.29, 0.717) is 16.0 Å². The van der Waals surface area contributed by atoms with Crippen molar-refractivity contribution in [1.29, 1.82) is 0 Å². The summed E-state index contributed by atoms with van der Waals surface area (Å²) in [5.74, 6) is 0.741. The Morgan fingerprint density at radius 1 is 0.867 bits per heavy atom. The Morgan fingerprint density at radius 3 is 1.53 bits per heavy atom. The molecule has 0 atom stereocenters. The quantitative estimate of drug-likeness (QED) is 0.559. The number of hydrogen-bond donors (Lipinski definition) is 0. The van der Waals surface area contributed by atoms with Crippen LogP contribution < -0.4 is 0 Å². The summed E-state index contributed by atoms with van der Waals surface area (Å²) in [6.07, 6.45) is 1.26. The summed E-state index contributed by atoms with van der Waals surface area (Å²) in [5, 5.41) is 0.641. The van der Waals surface area contributed by atoms with Crippen LogP contribution in [0, 0.1) is 11.3 Å². The summed E-state index contributed by atoms with van der Waals surface area (Å²) in [6, 6.07) is 0. The smallest absolute Gasteiger partial charge is 0.0674 e. The molecular weight excluding hydrogens is 179 g/mol. The van der Waals surface area contributed by atoms with Crippen LogP contribution in [0.5, 0.6) is 0 Å². The van der Waals surface area contributed by atoms with Gasteiger partial charge in [0.05, 0.1) is 0 Å². The van der Waals surface area contributed by atoms with Crippen LogP contribution in [0.3, 0.4) is 0 Å². The zero-order valence-corrected chi connectivity index (χ0v) is 12.4. The molecule has 0 amide bonds. The van der Waals surface area contributed by atoms with E-state index >= 15 is 0 Å². The first-order valence-electron chi connectivity index (χ1n) is 6.23. The van der Waals surface area contributed by atoms with Crippen LogP contribution in [0.15, 0.2) is 0 Å². The molecule has 0 aliphatic rings. The number of hydrogen-bond acceptors (Lipinski definition) is 0. The lowest BCUT2D eigenvalue weighted by molar-refractivity contribution is 0.203. The lowest BCUT2D eigenvalue weighted by Gasteiger charge is -2.40. The van der Waals surface area contributed by atoms with Crippen molar-refractivity contribution < 1.29 is 0 Å². The molecule has 1 radical (unpaired) electrons. The largest absolute Gasteiger partial charge is 0.124 e. The monoisotopic (exact) mass is 209 g/mol. The number of rotatable bonds is 4. The minimum atomic E-state index is 0.316. The van der Waals surface area contributed by atoms with E-state index in [1.54, 1.807) is 0 Å². The van der Waals surface area contributed by atoms with E-state index in [1.165, 1.54) is 6.42 Å². The van der Waals surface area contributed by atoms with Gasteiger partial charge in [-0.3, -0.25) is 0 Å². The highest BCUT2D eigenvalue weighted by Crippen LogP contribution is 2.46. The highest BCUT2D eigenvalue weighted by atomic mass is 14.3. The summed E-state index contributed by atoms with van der Waals surface area (Å²) >= 11 is 0. The Balaban J connectivity index is 4.51. The van der Waals surface area contributed by atoms with Crippen molar-refractivity contribution in [2.24, 2.45) is 11.3 Å². The highest BCUT2D eigenvalue weighted by molar-refractivity contribution is 6.43. The van der Waals surface area contributed by atoms with Crippen molar-refractivity contribution in [2.45, 2.75) is 79.4 Å². The predicted octanol–water partition coefficient (Wildman–Crippen LogP) is 5.18. The molecule has 0 aromatic carbocycles. The highest BCUT2D eigenvalue weighted by Gasteiger charge is 2.34. The van der Waals surface area contributed by atoms with Crippen LogP contribution in [-0.4, -0.2) is 7.28 Å². The van der Waals surface area contributed by atoms with Crippen molar-refractivity contribution >= 4 is 7.28 Å². The maximum Gasteiger partial charge on any atom is 0.124 e. The molecule has 0 N–H and O–H groups in total. The molecule has 0 heterocycles. The summed E-state index contributed by atoms with van der Waals surface area (Å²) in [5.41, 5.74) is 0.422. The van der Waals surface area contributed by atoms with Gasteiger partial charge in [-0.25, -0.2) is 0 Å². The standard InChI is InChI=1S/C14H30B/c1-11(2)13(6,7)10-14(8,9)15-12(3,4)5/h11H,10H2,1-9H3. The predicted molar refractivity (Wildman–Crippen MR) is 72.7 cm³/mol. The van der Waals surface area contributed by atoms with Crippen LogP contribution in [0.2, 0.25) is 10.6 Å². The molecule has 0 aromatic heterocycles. The third-order valence-corrected chi connectivity index (χ3v) is 3.30. The normalized spacial score (nSPS) is 14.5. The van der Waals surface area contributed by atoms with Crippen LogP contribution >= 0.6 is 0 Å². The molecule has 0 spiro atoms. The lowest BCUT2D eigenvalue weighted by atomic mass is 9.39. The Bertz CT molecular complexity index is 194. The minimum absolute atomic E-state index is 0.316. The van der Waals surface area contributed by atoms with Gasteiger partial charge in [-0.1, -0.05) is 72.9 Å². The van der Waals surface area contributed by atoms with Gasteiger partial charge < -0.3 is 0 Å². The SMILES string of the molecule is CC(C)C(C)(C)CC(C)(C)[B]C(C)(C)C. The molecule has 0 nitrogen and oxygen atoms in total. The van der Waals surface area contributed by atoms with Gasteiger partial charge in [0.2, 0.25) is 0 Å². The molecule has 0 aliphatic heterocycles. The fraction of sp³-hybridized carbons (Fsp3) is 1.00. The topological polar surface area (TPSA) is 0 Å². The van der Waals surface area contributed by atoms with Gasteiger partial charge in [-0.05, 0) is 17.8 Å². The van der Waals surface area contributed by atoms with Crippen molar-refractivity contribution in [1.82, 2.24) is 0 Å². The lowest BCUT2D eigenvalue weighted by Crippen LogP contribution is -2.30. The van der Waals surface area contributed by atoms with E-state index in [1.807, 2.05) is 0 Å². The third-order valence-electron chi connectivity index (χ3n) is 3.30. The van der Waals surface area contributed by atoms with E-state index in [2.05, 4.69) is 69.6 Å². The molecule has 15 heavy (non-hydrogen) atoms. The fourth-order valence-electron chi connectivity index (χ4n) is 2.60. The Hall–Kier alpha value is 0.0649. The van der Waals surface area contributed by atoms with E-state index < -0.39 is 0 Å². The summed E-state index contributed by atoms with van der Waals surface area (Å²) in [4.78, 5) is 0. The first kappa shape index (κ1) is 15.1. The molecule has 0 bridgehead atoms. The molecule has 0 saturated heterocycles.